The van der Waals surface area contributed by atoms with E-state index in [4.69, 9.17) is 0 Å². The molecule has 1 N–H and O–H groups in total. The fraction of sp³-hybridized carbons (Fsp3) is 0.632. The lowest BCUT2D eigenvalue weighted by molar-refractivity contribution is 0.0938. The first-order valence-corrected chi connectivity index (χ1v) is 10.7. The highest BCUT2D eigenvalue weighted by Crippen LogP contribution is 2.27. The minimum atomic E-state index is -3.49. The van der Waals surface area contributed by atoms with Crippen molar-refractivity contribution in [1.29, 1.82) is 0 Å². The maximum Gasteiger partial charge on any atom is 0.251 e. The number of amides is 1. The number of sulfonamides is 1. The molecule has 25 heavy (non-hydrogen) atoms. The lowest BCUT2D eigenvalue weighted by atomic mass is 9.94. The molecule has 5 nitrogen and oxygen atoms in total. The molecule has 0 spiro atoms. The van der Waals surface area contributed by atoms with Crippen molar-refractivity contribution in [2.45, 2.75) is 56.9 Å². The number of nitrogens with zero attached hydrogens (tertiary/aromatic N) is 1. The standard InChI is InChI=1S/C19H28N2O3S/c1-14-11-15(2)13-21(12-14)25(23,24)18-9-7-16(8-10-18)19(22)20-17-5-3-4-6-17/h7-10,14-15,17H,3-6,11-13H2,1-2H3,(H,20,22)/t14-,15-/m1/s1. The van der Waals surface area contributed by atoms with Crippen molar-refractivity contribution < 1.29 is 13.2 Å². The van der Waals surface area contributed by atoms with E-state index in [1.165, 1.54) is 0 Å². The third-order valence-electron chi connectivity index (χ3n) is 5.28. The summed E-state index contributed by atoms with van der Waals surface area (Å²) < 4.78 is 27.3. The van der Waals surface area contributed by atoms with Gasteiger partial charge in [0.1, 0.15) is 0 Å². The summed E-state index contributed by atoms with van der Waals surface area (Å²) in [6.07, 6.45) is 5.45. The molecule has 1 heterocycles. The van der Waals surface area contributed by atoms with E-state index in [0.29, 0.717) is 30.5 Å². The molecule has 2 atom stereocenters. The first-order chi connectivity index (χ1) is 11.9. The normalized spacial score (nSPS) is 25.8. The molecule has 1 amide bonds. The monoisotopic (exact) mass is 364 g/mol. The average molecular weight is 365 g/mol. The van der Waals surface area contributed by atoms with E-state index in [9.17, 15) is 13.2 Å². The van der Waals surface area contributed by atoms with Gasteiger partial charge in [-0.15, -0.1) is 0 Å². The molecule has 0 radical (unpaired) electrons. The Balaban J connectivity index is 1.71. The summed E-state index contributed by atoms with van der Waals surface area (Å²) in [6.45, 7) is 5.32. The van der Waals surface area contributed by atoms with Crippen LogP contribution in [0.3, 0.4) is 0 Å². The fourth-order valence-electron chi connectivity index (χ4n) is 4.07. The Morgan fingerprint density at radius 2 is 1.60 bits per heavy atom. The molecule has 1 aliphatic carbocycles. The topological polar surface area (TPSA) is 66.5 Å². The van der Waals surface area contributed by atoms with Crippen molar-refractivity contribution in [3.05, 3.63) is 29.8 Å². The molecule has 1 aromatic rings. The quantitative estimate of drug-likeness (QED) is 0.893. The van der Waals surface area contributed by atoms with Gasteiger partial charge in [0.2, 0.25) is 10.0 Å². The van der Waals surface area contributed by atoms with Gasteiger partial charge in [0.15, 0.2) is 0 Å². The van der Waals surface area contributed by atoms with Crippen LogP contribution in [-0.4, -0.2) is 37.8 Å². The first kappa shape index (κ1) is 18.4. The minimum absolute atomic E-state index is 0.115. The van der Waals surface area contributed by atoms with E-state index < -0.39 is 10.0 Å². The molecule has 1 saturated carbocycles. The van der Waals surface area contributed by atoms with Gasteiger partial charge in [0.05, 0.1) is 4.90 Å². The maximum atomic E-state index is 12.9. The van der Waals surface area contributed by atoms with Crippen LogP contribution in [0.2, 0.25) is 0 Å². The number of carbonyl (C=O) groups excluding carboxylic acids is 1. The van der Waals surface area contributed by atoms with E-state index in [2.05, 4.69) is 19.2 Å². The Bertz CT molecular complexity index is 699. The van der Waals surface area contributed by atoms with Crippen LogP contribution in [0.15, 0.2) is 29.2 Å². The lowest BCUT2D eigenvalue weighted by Gasteiger charge is -2.34. The van der Waals surface area contributed by atoms with Crippen LogP contribution in [0.25, 0.3) is 0 Å². The summed E-state index contributed by atoms with van der Waals surface area (Å²) in [5, 5.41) is 3.03. The molecule has 138 valence electrons. The summed E-state index contributed by atoms with van der Waals surface area (Å²) in [7, 11) is -3.49. The number of nitrogens with one attached hydrogen (secondary N) is 1. The van der Waals surface area contributed by atoms with Crippen molar-refractivity contribution in [1.82, 2.24) is 9.62 Å². The van der Waals surface area contributed by atoms with Crippen LogP contribution in [-0.2, 0) is 10.0 Å². The van der Waals surface area contributed by atoms with E-state index in [-0.39, 0.29) is 16.8 Å². The number of carbonyl (C=O) groups is 1. The van der Waals surface area contributed by atoms with Crippen molar-refractivity contribution in [2.24, 2.45) is 11.8 Å². The third-order valence-corrected chi connectivity index (χ3v) is 7.13. The predicted octanol–water partition coefficient (Wildman–Crippen LogP) is 3.03. The van der Waals surface area contributed by atoms with Crippen molar-refractivity contribution in [2.75, 3.05) is 13.1 Å². The number of piperidine rings is 1. The second-order valence-electron chi connectivity index (χ2n) is 7.75. The largest absolute Gasteiger partial charge is 0.349 e. The number of hydrogen-bond acceptors (Lipinski definition) is 3. The van der Waals surface area contributed by atoms with Crippen LogP contribution in [0, 0.1) is 11.8 Å². The van der Waals surface area contributed by atoms with E-state index >= 15 is 0 Å². The highest BCUT2D eigenvalue weighted by Gasteiger charge is 2.31. The van der Waals surface area contributed by atoms with Gasteiger partial charge in [0, 0.05) is 24.7 Å². The molecule has 0 bridgehead atoms. The Labute approximate surface area is 150 Å². The zero-order chi connectivity index (χ0) is 18.0. The number of benzene rings is 1. The first-order valence-electron chi connectivity index (χ1n) is 9.27. The van der Waals surface area contributed by atoms with Crippen LogP contribution in [0.4, 0.5) is 0 Å². The Hall–Kier alpha value is -1.40. The summed E-state index contributed by atoms with van der Waals surface area (Å²) in [6, 6.07) is 6.61. The zero-order valence-corrected chi connectivity index (χ0v) is 15.9. The number of hydrogen-bond donors (Lipinski definition) is 1. The Kier molecular flexibility index (Phi) is 5.49. The summed E-state index contributed by atoms with van der Waals surface area (Å²) in [5.41, 5.74) is 0.520. The molecule has 6 heteroatoms. The van der Waals surface area contributed by atoms with Gasteiger partial charge in [-0.1, -0.05) is 26.7 Å². The second-order valence-corrected chi connectivity index (χ2v) is 9.69. The summed E-state index contributed by atoms with van der Waals surface area (Å²) in [4.78, 5) is 12.5. The highest BCUT2D eigenvalue weighted by molar-refractivity contribution is 7.89. The molecule has 1 aliphatic heterocycles. The Morgan fingerprint density at radius 1 is 1.04 bits per heavy atom. The molecular formula is C19H28N2O3S. The predicted molar refractivity (Wildman–Crippen MR) is 97.9 cm³/mol. The van der Waals surface area contributed by atoms with Crippen LogP contribution in [0.5, 0.6) is 0 Å². The van der Waals surface area contributed by atoms with E-state index in [0.717, 1.165) is 32.1 Å². The lowest BCUT2D eigenvalue weighted by Crippen LogP contribution is -2.42. The van der Waals surface area contributed by atoms with E-state index in [1.807, 2.05) is 0 Å². The van der Waals surface area contributed by atoms with Gasteiger partial charge in [-0.3, -0.25) is 4.79 Å². The van der Waals surface area contributed by atoms with Gasteiger partial charge in [-0.25, -0.2) is 8.42 Å². The molecule has 0 unspecified atom stereocenters. The third kappa shape index (κ3) is 4.23. The van der Waals surface area contributed by atoms with Crippen molar-refractivity contribution in [3.63, 3.8) is 0 Å². The van der Waals surface area contributed by atoms with Crippen LogP contribution >= 0.6 is 0 Å². The minimum Gasteiger partial charge on any atom is -0.349 e. The molecule has 2 fully saturated rings. The van der Waals surface area contributed by atoms with Gasteiger partial charge < -0.3 is 5.32 Å². The number of rotatable bonds is 4. The zero-order valence-electron chi connectivity index (χ0n) is 15.1. The molecule has 2 aliphatic rings. The SMILES string of the molecule is C[C@@H]1C[C@@H](C)CN(S(=O)(=O)c2ccc(C(=O)NC3CCCC3)cc2)C1. The molecule has 0 aromatic heterocycles. The van der Waals surface area contributed by atoms with Gasteiger partial charge in [0.25, 0.3) is 5.91 Å². The average Bonchev–Trinajstić information content (AvgIpc) is 3.07. The molecule has 1 aromatic carbocycles. The van der Waals surface area contributed by atoms with Gasteiger partial charge in [-0.05, 0) is 55.4 Å². The fourth-order valence-corrected chi connectivity index (χ4v) is 5.75. The van der Waals surface area contributed by atoms with E-state index in [1.54, 1.807) is 28.6 Å². The van der Waals surface area contributed by atoms with Crippen molar-refractivity contribution in [3.8, 4) is 0 Å². The molecule has 1 saturated heterocycles. The highest BCUT2D eigenvalue weighted by atomic mass is 32.2. The molecular weight excluding hydrogens is 336 g/mol. The van der Waals surface area contributed by atoms with Crippen LogP contribution in [0.1, 0.15) is 56.3 Å². The molecule has 3 rings (SSSR count). The van der Waals surface area contributed by atoms with Crippen molar-refractivity contribution >= 4 is 15.9 Å². The second kappa shape index (κ2) is 7.46. The Morgan fingerprint density at radius 3 is 2.16 bits per heavy atom. The smallest absolute Gasteiger partial charge is 0.251 e. The summed E-state index contributed by atoms with van der Waals surface area (Å²) >= 11 is 0. The van der Waals surface area contributed by atoms with Gasteiger partial charge >= 0.3 is 0 Å². The summed E-state index contributed by atoms with van der Waals surface area (Å²) in [5.74, 6) is 0.626. The van der Waals surface area contributed by atoms with Crippen LogP contribution < -0.4 is 5.32 Å². The van der Waals surface area contributed by atoms with Gasteiger partial charge in [-0.2, -0.15) is 4.31 Å². The maximum absolute atomic E-state index is 12.9.